The van der Waals surface area contributed by atoms with Crippen molar-refractivity contribution in [3.63, 3.8) is 0 Å². The zero-order chi connectivity index (χ0) is 18.4. The Morgan fingerprint density at radius 2 is 1.80 bits per heavy atom. The lowest BCUT2D eigenvalue weighted by Gasteiger charge is -2.35. The van der Waals surface area contributed by atoms with Gasteiger partial charge in [0.1, 0.15) is 6.04 Å². The van der Waals surface area contributed by atoms with Crippen molar-refractivity contribution in [1.29, 1.82) is 0 Å². The molecule has 2 saturated heterocycles. The average Bonchev–Trinajstić information content (AvgIpc) is 2.79. The summed E-state index contributed by atoms with van der Waals surface area (Å²) >= 11 is 0. The van der Waals surface area contributed by atoms with Gasteiger partial charge in [0.05, 0.1) is 19.4 Å². The Bertz CT molecular complexity index is 580. The molecule has 0 bridgehead atoms. The molecule has 0 spiro atoms. The number of sulfonamides is 1. The quantitative estimate of drug-likeness (QED) is 0.624. The molecular formula is C16H29N3O5S. The molecule has 144 valence electrons. The lowest BCUT2D eigenvalue weighted by molar-refractivity contribution is -0.144. The van der Waals surface area contributed by atoms with Crippen molar-refractivity contribution >= 4 is 21.9 Å². The maximum Gasteiger partial charge on any atom is 0.320 e. The number of nitrogens with zero attached hydrogens (tertiary/aromatic N) is 3. The summed E-state index contributed by atoms with van der Waals surface area (Å²) in [5.41, 5.74) is 0. The van der Waals surface area contributed by atoms with Crippen LogP contribution in [0, 0.1) is 0 Å². The minimum atomic E-state index is -3.39. The van der Waals surface area contributed by atoms with E-state index < -0.39 is 16.1 Å². The van der Waals surface area contributed by atoms with Crippen LogP contribution in [0.1, 0.15) is 32.6 Å². The summed E-state index contributed by atoms with van der Waals surface area (Å²) in [6.45, 7) is 5.20. The summed E-state index contributed by atoms with van der Waals surface area (Å²) in [5.74, 6) is -0.360. The molecule has 2 rings (SSSR count). The van der Waals surface area contributed by atoms with Crippen LogP contribution in [0.15, 0.2) is 0 Å². The molecular weight excluding hydrogens is 346 g/mol. The van der Waals surface area contributed by atoms with E-state index in [1.165, 1.54) is 10.6 Å². The molecule has 0 saturated carbocycles. The smallest absolute Gasteiger partial charge is 0.320 e. The molecule has 0 N–H and O–H groups in total. The number of carbonyl (C=O) groups excluding carboxylic acids is 2. The van der Waals surface area contributed by atoms with Gasteiger partial charge < -0.3 is 9.64 Å². The van der Waals surface area contributed by atoms with E-state index >= 15 is 0 Å². The van der Waals surface area contributed by atoms with E-state index in [4.69, 9.17) is 4.74 Å². The van der Waals surface area contributed by atoms with Crippen molar-refractivity contribution in [1.82, 2.24) is 14.1 Å². The first-order valence-corrected chi connectivity index (χ1v) is 10.8. The van der Waals surface area contributed by atoms with Gasteiger partial charge in [-0.2, -0.15) is 4.31 Å². The number of hydrogen-bond acceptors (Lipinski definition) is 6. The van der Waals surface area contributed by atoms with Crippen molar-refractivity contribution < 1.29 is 22.7 Å². The van der Waals surface area contributed by atoms with E-state index in [2.05, 4.69) is 0 Å². The zero-order valence-corrected chi connectivity index (χ0v) is 16.0. The number of hydrogen-bond donors (Lipinski definition) is 0. The van der Waals surface area contributed by atoms with Gasteiger partial charge >= 0.3 is 5.97 Å². The highest BCUT2D eigenvalue weighted by molar-refractivity contribution is 7.88. The first-order valence-electron chi connectivity index (χ1n) is 8.96. The minimum Gasteiger partial charge on any atom is -0.465 e. The Hall–Kier alpha value is -1.19. The molecule has 0 aromatic carbocycles. The summed E-state index contributed by atoms with van der Waals surface area (Å²) in [6.07, 6.45) is 4.17. The molecule has 9 heteroatoms. The fourth-order valence-electron chi connectivity index (χ4n) is 3.50. The molecule has 1 unspecified atom stereocenters. The molecule has 0 aliphatic carbocycles. The van der Waals surface area contributed by atoms with Gasteiger partial charge in [0.15, 0.2) is 0 Å². The van der Waals surface area contributed by atoms with Gasteiger partial charge in [-0.1, -0.05) is 6.42 Å². The van der Waals surface area contributed by atoms with E-state index in [1.807, 2.05) is 4.90 Å². The van der Waals surface area contributed by atoms with Crippen LogP contribution < -0.4 is 0 Å². The second-order valence-electron chi connectivity index (χ2n) is 6.65. The zero-order valence-electron chi connectivity index (χ0n) is 15.1. The van der Waals surface area contributed by atoms with Crippen LogP contribution in [-0.4, -0.2) is 92.6 Å². The van der Waals surface area contributed by atoms with Crippen LogP contribution in [0.3, 0.4) is 0 Å². The Kier molecular flexibility index (Phi) is 7.21. The van der Waals surface area contributed by atoms with Gasteiger partial charge in [0.2, 0.25) is 15.9 Å². The van der Waals surface area contributed by atoms with Crippen molar-refractivity contribution in [2.45, 2.75) is 38.6 Å². The topological polar surface area (TPSA) is 87.2 Å². The monoisotopic (exact) mass is 375 g/mol. The number of rotatable bonds is 5. The predicted octanol–water partition coefficient (Wildman–Crippen LogP) is -0.102. The summed E-state index contributed by atoms with van der Waals surface area (Å²) in [7, 11) is -3.39. The first-order chi connectivity index (χ1) is 11.8. The fourth-order valence-corrected chi connectivity index (χ4v) is 4.62. The van der Waals surface area contributed by atoms with E-state index in [1.54, 1.807) is 11.8 Å². The van der Waals surface area contributed by atoms with E-state index in [-0.39, 0.29) is 18.4 Å². The van der Waals surface area contributed by atoms with Crippen LogP contribution in [0.25, 0.3) is 0 Å². The molecule has 1 amide bonds. The lowest BCUT2D eigenvalue weighted by atomic mass is 10.0. The molecule has 2 aliphatic heterocycles. The third-order valence-electron chi connectivity index (χ3n) is 4.72. The Labute approximate surface area is 150 Å². The standard InChI is InChI=1S/C16H29N3O5S/c1-3-24-15(20)13-17-8-6-9-18(12-11-17)16(21)14-7-4-5-10-19(14)25(2,22)23/h14H,3-13H2,1-2H3. The van der Waals surface area contributed by atoms with Crippen molar-refractivity contribution in [2.24, 2.45) is 0 Å². The second-order valence-corrected chi connectivity index (χ2v) is 8.58. The maximum atomic E-state index is 12.9. The summed E-state index contributed by atoms with van der Waals surface area (Å²) < 4.78 is 30.3. The van der Waals surface area contributed by atoms with Crippen LogP contribution in [0.2, 0.25) is 0 Å². The van der Waals surface area contributed by atoms with Crippen molar-refractivity contribution in [3.8, 4) is 0 Å². The third-order valence-corrected chi connectivity index (χ3v) is 6.01. The highest BCUT2D eigenvalue weighted by atomic mass is 32.2. The number of esters is 1. The van der Waals surface area contributed by atoms with Gasteiger partial charge in [-0.25, -0.2) is 8.42 Å². The van der Waals surface area contributed by atoms with Crippen molar-refractivity contribution in [3.05, 3.63) is 0 Å². The third kappa shape index (κ3) is 5.65. The second kappa shape index (κ2) is 8.95. The molecule has 2 heterocycles. The minimum absolute atomic E-state index is 0.108. The lowest BCUT2D eigenvalue weighted by Crippen LogP contribution is -2.53. The fraction of sp³-hybridized carbons (Fsp3) is 0.875. The predicted molar refractivity (Wildman–Crippen MR) is 93.5 cm³/mol. The number of carbonyl (C=O) groups is 2. The Balaban J connectivity index is 1.96. The van der Waals surface area contributed by atoms with Gasteiger partial charge in [0.25, 0.3) is 0 Å². The van der Waals surface area contributed by atoms with Crippen molar-refractivity contribution in [2.75, 3.05) is 52.1 Å². The normalized spacial score (nSPS) is 23.9. The first kappa shape index (κ1) is 20.1. The van der Waals surface area contributed by atoms with E-state index in [0.29, 0.717) is 39.2 Å². The number of piperidine rings is 1. The molecule has 25 heavy (non-hydrogen) atoms. The average molecular weight is 375 g/mol. The van der Waals surface area contributed by atoms with E-state index in [9.17, 15) is 18.0 Å². The molecule has 1 atom stereocenters. The largest absolute Gasteiger partial charge is 0.465 e. The van der Waals surface area contributed by atoms with Crippen LogP contribution in [0.4, 0.5) is 0 Å². The molecule has 8 nitrogen and oxygen atoms in total. The summed E-state index contributed by atoms with van der Waals surface area (Å²) in [5, 5.41) is 0. The SMILES string of the molecule is CCOC(=O)CN1CCCN(C(=O)C2CCCCN2S(C)(=O)=O)CC1. The summed E-state index contributed by atoms with van der Waals surface area (Å²) in [6, 6.07) is -0.583. The summed E-state index contributed by atoms with van der Waals surface area (Å²) in [4.78, 5) is 28.3. The van der Waals surface area contributed by atoms with Crippen LogP contribution in [-0.2, 0) is 24.3 Å². The maximum absolute atomic E-state index is 12.9. The number of amides is 1. The Morgan fingerprint density at radius 3 is 2.48 bits per heavy atom. The molecule has 0 aromatic heterocycles. The molecule has 2 aliphatic rings. The van der Waals surface area contributed by atoms with Gasteiger partial charge in [-0.15, -0.1) is 0 Å². The molecule has 0 radical (unpaired) electrons. The molecule has 2 fully saturated rings. The van der Waals surface area contributed by atoms with E-state index in [0.717, 1.165) is 25.8 Å². The highest BCUT2D eigenvalue weighted by Crippen LogP contribution is 2.22. The van der Waals surface area contributed by atoms with Gasteiger partial charge in [-0.05, 0) is 26.2 Å². The number of ether oxygens (including phenoxy) is 1. The van der Waals surface area contributed by atoms with Gasteiger partial charge in [-0.3, -0.25) is 14.5 Å². The molecule has 0 aromatic rings. The highest BCUT2D eigenvalue weighted by Gasteiger charge is 2.37. The van der Waals surface area contributed by atoms with Crippen LogP contribution >= 0.6 is 0 Å². The van der Waals surface area contributed by atoms with Gasteiger partial charge in [0, 0.05) is 32.7 Å². The Morgan fingerprint density at radius 1 is 1.04 bits per heavy atom. The van der Waals surface area contributed by atoms with Crippen LogP contribution in [0.5, 0.6) is 0 Å².